The molecule has 0 radical (unpaired) electrons. The summed E-state index contributed by atoms with van der Waals surface area (Å²) in [6.07, 6.45) is 2.79. The average molecular weight is 505 g/mol. The van der Waals surface area contributed by atoms with Gasteiger partial charge in [-0.1, -0.05) is 26.8 Å². The molecular formula is C21H37N2O8PSi. The minimum Gasteiger partial charge on any atom is -0.414 e. The molecule has 2 unspecified atom stereocenters. The van der Waals surface area contributed by atoms with E-state index in [1.165, 1.54) is 42.9 Å². The van der Waals surface area contributed by atoms with Gasteiger partial charge in [-0.25, -0.2) is 4.79 Å². The fraction of sp³-hybridized carbons (Fsp3) is 0.619. The van der Waals surface area contributed by atoms with Crippen molar-refractivity contribution in [3.05, 3.63) is 57.6 Å². The first kappa shape index (κ1) is 29.4. The van der Waals surface area contributed by atoms with Crippen LogP contribution in [0.2, 0.25) is 18.1 Å². The molecule has 0 saturated heterocycles. The maximum Gasteiger partial charge on any atom is 0.353 e. The first-order valence-electron chi connectivity index (χ1n) is 10.5. The van der Waals surface area contributed by atoms with E-state index in [9.17, 15) is 14.2 Å². The number of ether oxygens (including phenoxy) is 2. The fourth-order valence-electron chi connectivity index (χ4n) is 2.34. The van der Waals surface area contributed by atoms with Crippen molar-refractivity contribution in [2.24, 2.45) is 0 Å². The Kier molecular flexibility index (Phi) is 11.4. The first-order chi connectivity index (χ1) is 15.3. The van der Waals surface area contributed by atoms with Crippen LogP contribution in [0.5, 0.6) is 0 Å². The van der Waals surface area contributed by atoms with Crippen molar-refractivity contribution < 1.29 is 27.5 Å². The molecule has 0 saturated carbocycles. The number of hydrogen-bond donors (Lipinski definition) is 1. The maximum atomic E-state index is 12.5. The molecule has 10 nitrogen and oxygen atoms in total. The predicted molar refractivity (Wildman–Crippen MR) is 130 cm³/mol. The number of nitrogens with zero attached hydrogens (tertiary/aromatic N) is 1. The predicted octanol–water partition coefficient (Wildman–Crippen LogP) is 3.64. The van der Waals surface area contributed by atoms with Crippen LogP contribution in [-0.2, 0) is 27.5 Å². The van der Waals surface area contributed by atoms with Gasteiger partial charge in [0.05, 0.1) is 19.8 Å². The van der Waals surface area contributed by atoms with E-state index < -0.39 is 39.5 Å². The summed E-state index contributed by atoms with van der Waals surface area (Å²) in [5.41, 5.74) is -1.18. The lowest BCUT2D eigenvalue weighted by atomic mass is 10.2. The van der Waals surface area contributed by atoms with Crippen molar-refractivity contribution in [3.8, 4) is 0 Å². The highest BCUT2D eigenvalue weighted by molar-refractivity contribution is 7.57. The van der Waals surface area contributed by atoms with E-state index in [1.807, 2.05) is 0 Å². The third-order valence-electron chi connectivity index (χ3n) is 5.40. The molecule has 0 aromatic carbocycles. The highest BCUT2D eigenvalue weighted by atomic mass is 31.2. The van der Waals surface area contributed by atoms with Crippen LogP contribution in [0.3, 0.4) is 0 Å². The normalized spacial score (nSPS) is 15.0. The van der Waals surface area contributed by atoms with Gasteiger partial charge in [0.2, 0.25) is 0 Å². The molecule has 0 bridgehead atoms. The molecule has 33 heavy (non-hydrogen) atoms. The smallest absolute Gasteiger partial charge is 0.353 e. The molecule has 1 N–H and O–H groups in total. The Balaban J connectivity index is 3.28. The van der Waals surface area contributed by atoms with E-state index in [2.05, 4.69) is 45.4 Å². The van der Waals surface area contributed by atoms with Crippen molar-refractivity contribution in [1.82, 2.24) is 9.55 Å². The van der Waals surface area contributed by atoms with E-state index in [0.29, 0.717) is 0 Å². The molecule has 0 aliphatic rings. The van der Waals surface area contributed by atoms with E-state index >= 15 is 0 Å². The summed E-state index contributed by atoms with van der Waals surface area (Å²) in [5, 5.41) is -0.0437. The SMILES string of the molecule is C=CCOCC(OC(/C=C/P(=O)(OC)OC)CO[Si](C)(C)C(C)(C)C)n1ccc(=O)[nH]c1=O. The summed E-state index contributed by atoms with van der Waals surface area (Å²) in [5.74, 6) is 1.30. The molecule has 1 heterocycles. The van der Waals surface area contributed by atoms with Gasteiger partial charge in [0.25, 0.3) is 5.56 Å². The van der Waals surface area contributed by atoms with Crippen LogP contribution in [0.1, 0.15) is 27.0 Å². The molecule has 0 aliphatic carbocycles. The van der Waals surface area contributed by atoms with Crippen LogP contribution in [-0.4, -0.2) is 58.0 Å². The fourth-order valence-corrected chi connectivity index (χ4v) is 4.15. The second-order valence-corrected chi connectivity index (χ2v) is 15.7. The molecule has 1 aromatic heterocycles. The Labute approximate surface area is 196 Å². The van der Waals surface area contributed by atoms with E-state index in [-0.39, 0.29) is 24.9 Å². The maximum absolute atomic E-state index is 12.5. The second-order valence-electron chi connectivity index (χ2n) is 8.79. The lowest BCUT2D eigenvalue weighted by Gasteiger charge is -2.37. The minimum absolute atomic E-state index is 0.00534. The van der Waals surface area contributed by atoms with Crippen LogP contribution in [0.25, 0.3) is 0 Å². The van der Waals surface area contributed by atoms with Gasteiger partial charge < -0.3 is 22.9 Å². The van der Waals surface area contributed by atoms with Crippen molar-refractivity contribution in [1.29, 1.82) is 0 Å². The van der Waals surface area contributed by atoms with Crippen LogP contribution < -0.4 is 11.2 Å². The van der Waals surface area contributed by atoms with Gasteiger partial charge in [-0.3, -0.25) is 18.9 Å². The number of hydrogen-bond acceptors (Lipinski definition) is 8. The van der Waals surface area contributed by atoms with Gasteiger partial charge in [0.15, 0.2) is 14.5 Å². The van der Waals surface area contributed by atoms with Gasteiger partial charge in [0.1, 0.15) is 6.10 Å². The first-order valence-corrected chi connectivity index (χ1v) is 15.0. The number of aromatic amines is 1. The van der Waals surface area contributed by atoms with Gasteiger partial charge >= 0.3 is 13.3 Å². The molecule has 2 atom stereocenters. The Morgan fingerprint density at radius 1 is 1.21 bits per heavy atom. The van der Waals surface area contributed by atoms with Gasteiger partial charge in [-0.15, -0.1) is 6.58 Å². The zero-order valence-electron chi connectivity index (χ0n) is 20.5. The molecule has 1 aromatic rings. The summed E-state index contributed by atoms with van der Waals surface area (Å²) in [4.78, 5) is 26.1. The van der Waals surface area contributed by atoms with Crippen LogP contribution in [0.4, 0.5) is 0 Å². The Hall–Kier alpha value is -1.59. The third-order valence-corrected chi connectivity index (χ3v) is 11.5. The van der Waals surface area contributed by atoms with Crippen molar-refractivity contribution in [2.75, 3.05) is 34.0 Å². The topological polar surface area (TPSA) is 118 Å². The standard InChI is InChI=1S/C21H37N2O8PSi/c1-9-13-29-16-19(23-12-10-18(24)22-20(23)25)31-17(11-14-32(26,27-5)28-6)15-30-33(7,8)21(2,3)4/h9-12,14,17,19H,1,13,15-16H2,2-8H3,(H,22,24,25)/b14-11+. The molecule has 12 heteroatoms. The van der Waals surface area contributed by atoms with Gasteiger partial charge in [0, 0.05) is 32.3 Å². The summed E-state index contributed by atoms with van der Waals surface area (Å²) in [7, 11) is -3.04. The van der Waals surface area contributed by atoms with Gasteiger partial charge in [-0.05, 0) is 24.2 Å². The molecule has 0 aliphatic heterocycles. The molecule has 0 fully saturated rings. The largest absolute Gasteiger partial charge is 0.414 e. The zero-order valence-corrected chi connectivity index (χ0v) is 22.4. The number of nitrogens with one attached hydrogen (secondary N) is 1. The second kappa shape index (κ2) is 12.8. The zero-order chi connectivity index (χ0) is 25.3. The highest BCUT2D eigenvalue weighted by Gasteiger charge is 2.38. The molecule has 188 valence electrons. The van der Waals surface area contributed by atoms with Crippen molar-refractivity contribution in [2.45, 2.75) is 51.2 Å². The summed E-state index contributed by atoms with van der Waals surface area (Å²) >= 11 is 0. The number of rotatable bonds is 14. The third kappa shape index (κ3) is 9.28. The lowest BCUT2D eigenvalue weighted by Crippen LogP contribution is -2.43. The quantitative estimate of drug-likeness (QED) is 0.177. The Bertz CT molecular complexity index is 943. The Morgan fingerprint density at radius 2 is 1.85 bits per heavy atom. The summed E-state index contributed by atoms with van der Waals surface area (Å²) in [6, 6.07) is 1.21. The average Bonchev–Trinajstić information content (AvgIpc) is 2.74. The molecule has 0 spiro atoms. The number of H-pyrrole nitrogens is 1. The van der Waals surface area contributed by atoms with Crippen molar-refractivity contribution >= 4 is 15.9 Å². The van der Waals surface area contributed by atoms with Crippen LogP contribution >= 0.6 is 7.60 Å². The van der Waals surface area contributed by atoms with E-state index in [0.717, 1.165) is 0 Å². The summed E-state index contributed by atoms with van der Waals surface area (Å²) < 4.78 is 41.6. The molecular weight excluding hydrogens is 467 g/mol. The Morgan fingerprint density at radius 3 is 2.36 bits per heavy atom. The van der Waals surface area contributed by atoms with Crippen molar-refractivity contribution in [3.63, 3.8) is 0 Å². The highest BCUT2D eigenvalue weighted by Crippen LogP contribution is 2.48. The monoisotopic (exact) mass is 504 g/mol. The van der Waals surface area contributed by atoms with Gasteiger partial charge in [-0.2, -0.15) is 0 Å². The molecule has 1 rings (SSSR count). The number of aromatic nitrogens is 2. The molecule has 0 amide bonds. The van der Waals surface area contributed by atoms with Crippen LogP contribution in [0, 0.1) is 0 Å². The minimum atomic E-state index is -3.45. The van der Waals surface area contributed by atoms with Crippen LogP contribution in [0.15, 0.2) is 46.4 Å². The van der Waals surface area contributed by atoms with E-state index in [4.69, 9.17) is 22.9 Å². The van der Waals surface area contributed by atoms with E-state index in [1.54, 1.807) is 6.08 Å². The lowest BCUT2D eigenvalue weighted by molar-refractivity contribution is -0.0901. The summed E-state index contributed by atoms with van der Waals surface area (Å²) in [6.45, 7) is 14.5.